The summed E-state index contributed by atoms with van der Waals surface area (Å²) in [6.07, 6.45) is 2.64. The van der Waals surface area contributed by atoms with Crippen LogP contribution in [0.5, 0.6) is 0 Å². The molecular formula is C15H29BO2. The lowest BCUT2D eigenvalue weighted by Gasteiger charge is -2.43. The molecule has 2 nitrogen and oxygen atoms in total. The zero-order valence-electron chi connectivity index (χ0n) is 13.2. The van der Waals surface area contributed by atoms with Gasteiger partial charge in [0.15, 0.2) is 0 Å². The van der Waals surface area contributed by atoms with Crippen LogP contribution in [-0.4, -0.2) is 20.4 Å². The maximum Gasteiger partial charge on any atom is 0.311 e. The van der Waals surface area contributed by atoms with E-state index in [1.54, 1.807) is 0 Å². The van der Waals surface area contributed by atoms with Gasteiger partial charge in [0.25, 0.3) is 0 Å². The monoisotopic (exact) mass is 252 g/mol. The van der Waals surface area contributed by atoms with Crippen molar-refractivity contribution in [1.82, 2.24) is 0 Å². The Balaban J connectivity index is 4.94. The predicted molar refractivity (Wildman–Crippen MR) is 77.8 cm³/mol. The first kappa shape index (κ1) is 17.5. The molecule has 0 bridgehead atoms. The van der Waals surface area contributed by atoms with Crippen LogP contribution in [0.4, 0.5) is 0 Å². The topological polar surface area (TPSA) is 26.3 Å². The van der Waals surface area contributed by atoms with Gasteiger partial charge in [-0.15, -0.1) is 0 Å². The van der Waals surface area contributed by atoms with E-state index in [0.29, 0.717) is 13.0 Å². The summed E-state index contributed by atoms with van der Waals surface area (Å²) in [6.45, 7) is 14.7. The molecule has 0 aromatic heterocycles. The lowest BCUT2D eigenvalue weighted by Crippen LogP contribution is -2.42. The van der Waals surface area contributed by atoms with Crippen molar-refractivity contribution < 1.29 is 9.53 Å². The molecule has 18 heavy (non-hydrogen) atoms. The SMILES string of the molecule is [B]C(C)(C)C(C)(CC(C)(C)C)C(=O)OCCCC. The summed E-state index contributed by atoms with van der Waals surface area (Å²) in [5, 5.41) is -0.594. The Labute approximate surface area is 114 Å². The molecule has 104 valence electrons. The van der Waals surface area contributed by atoms with Crippen molar-refractivity contribution in [3.05, 3.63) is 0 Å². The van der Waals surface area contributed by atoms with Crippen LogP contribution in [0.3, 0.4) is 0 Å². The van der Waals surface area contributed by atoms with Gasteiger partial charge in [0, 0.05) is 0 Å². The molecule has 1 unspecified atom stereocenters. The minimum absolute atomic E-state index is 0.0369. The predicted octanol–water partition coefficient (Wildman–Crippen LogP) is 4.14. The summed E-state index contributed by atoms with van der Waals surface area (Å²) in [7, 11) is 6.23. The summed E-state index contributed by atoms with van der Waals surface area (Å²) < 4.78 is 5.40. The average molecular weight is 252 g/mol. The Hall–Kier alpha value is -0.465. The number of esters is 1. The molecule has 3 heteroatoms. The number of unbranched alkanes of at least 4 members (excludes halogenated alkanes) is 1. The molecule has 0 heterocycles. The molecule has 2 radical (unpaired) electrons. The number of carbonyl (C=O) groups excluding carboxylic acids is 1. The molecule has 0 rings (SSSR count). The van der Waals surface area contributed by atoms with Gasteiger partial charge in [-0.25, -0.2) is 0 Å². The van der Waals surface area contributed by atoms with Crippen molar-refractivity contribution >= 4 is 13.8 Å². The Morgan fingerprint density at radius 2 is 1.61 bits per heavy atom. The fraction of sp³-hybridized carbons (Fsp3) is 0.933. The van der Waals surface area contributed by atoms with E-state index >= 15 is 0 Å². The highest BCUT2D eigenvalue weighted by Crippen LogP contribution is 2.50. The molecule has 0 aromatic carbocycles. The van der Waals surface area contributed by atoms with Crippen molar-refractivity contribution in [2.24, 2.45) is 10.8 Å². The smallest absolute Gasteiger partial charge is 0.311 e. The molecule has 0 saturated heterocycles. The first-order valence-corrected chi connectivity index (χ1v) is 6.90. The van der Waals surface area contributed by atoms with Crippen LogP contribution in [-0.2, 0) is 9.53 Å². The largest absolute Gasteiger partial charge is 0.465 e. The van der Waals surface area contributed by atoms with Gasteiger partial charge in [0.2, 0.25) is 0 Å². The van der Waals surface area contributed by atoms with Crippen molar-refractivity contribution in [2.75, 3.05) is 6.61 Å². The highest BCUT2D eigenvalue weighted by Gasteiger charge is 2.47. The number of carbonyl (C=O) groups is 1. The van der Waals surface area contributed by atoms with Gasteiger partial charge in [-0.05, 0) is 25.2 Å². The zero-order valence-corrected chi connectivity index (χ0v) is 13.2. The van der Waals surface area contributed by atoms with Gasteiger partial charge in [-0.1, -0.05) is 53.3 Å². The van der Waals surface area contributed by atoms with Gasteiger partial charge in [-0.2, -0.15) is 0 Å². The highest BCUT2D eigenvalue weighted by molar-refractivity contribution is 6.17. The van der Waals surface area contributed by atoms with Crippen LogP contribution in [0.25, 0.3) is 0 Å². The quantitative estimate of drug-likeness (QED) is 0.403. The normalized spacial score (nSPS) is 16.2. The summed E-state index contributed by atoms with van der Waals surface area (Å²) >= 11 is 0. The zero-order chi connectivity index (χ0) is 14.6. The van der Waals surface area contributed by atoms with Gasteiger partial charge >= 0.3 is 5.97 Å². The van der Waals surface area contributed by atoms with E-state index in [-0.39, 0.29) is 11.4 Å². The fourth-order valence-corrected chi connectivity index (χ4v) is 2.09. The maximum atomic E-state index is 12.4. The van der Waals surface area contributed by atoms with E-state index in [1.165, 1.54) is 0 Å². The highest BCUT2D eigenvalue weighted by atomic mass is 16.5. The molecule has 0 aromatic rings. The van der Waals surface area contributed by atoms with Gasteiger partial charge < -0.3 is 4.74 Å². The van der Waals surface area contributed by atoms with Crippen LogP contribution in [0.2, 0.25) is 5.31 Å². The first-order chi connectivity index (χ1) is 7.94. The third-order valence-electron chi connectivity index (χ3n) is 3.49. The van der Waals surface area contributed by atoms with Gasteiger partial charge in [-0.3, -0.25) is 4.79 Å². The number of ether oxygens (including phenoxy) is 1. The Bertz CT molecular complexity index is 273. The van der Waals surface area contributed by atoms with Crippen LogP contribution in [0.15, 0.2) is 0 Å². The van der Waals surface area contributed by atoms with Crippen LogP contribution in [0.1, 0.15) is 67.7 Å². The van der Waals surface area contributed by atoms with Gasteiger partial charge in [0.1, 0.15) is 0 Å². The maximum absolute atomic E-state index is 12.4. The molecule has 0 N–H and O–H groups in total. The number of rotatable bonds is 6. The summed E-state index contributed by atoms with van der Waals surface area (Å²) in [5.74, 6) is -0.168. The third-order valence-corrected chi connectivity index (χ3v) is 3.49. The summed E-state index contributed by atoms with van der Waals surface area (Å²) in [6, 6.07) is 0. The van der Waals surface area contributed by atoms with Crippen molar-refractivity contribution in [2.45, 2.75) is 73.0 Å². The van der Waals surface area contributed by atoms with E-state index in [1.807, 2.05) is 20.8 Å². The minimum atomic E-state index is -0.654. The lowest BCUT2D eigenvalue weighted by molar-refractivity contribution is -0.159. The molecular weight excluding hydrogens is 223 g/mol. The lowest BCUT2D eigenvalue weighted by atomic mass is 9.51. The molecule has 0 aliphatic heterocycles. The second-order valence-corrected chi connectivity index (χ2v) is 7.28. The molecule has 0 amide bonds. The van der Waals surface area contributed by atoms with Gasteiger partial charge in [0.05, 0.1) is 19.9 Å². The Kier molecular flexibility index (Phi) is 5.96. The van der Waals surface area contributed by atoms with Crippen LogP contribution in [0, 0.1) is 10.8 Å². The summed E-state index contributed by atoms with van der Waals surface area (Å²) in [5.41, 5.74) is -0.617. The van der Waals surface area contributed by atoms with Crippen LogP contribution < -0.4 is 0 Å². The second kappa shape index (κ2) is 6.12. The Morgan fingerprint density at radius 1 is 1.11 bits per heavy atom. The first-order valence-electron chi connectivity index (χ1n) is 6.90. The summed E-state index contributed by atoms with van der Waals surface area (Å²) in [4.78, 5) is 12.4. The van der Waals surface area contributed by atoms with Crippen molar-refractivity contribution in [3.63, 3.8) is 0 Å². The second-order valence-electron chi connectivity index (χ2n) is 7.28. The standard InChI is InChI=1S/C15H29BO2/c1-8-9-10-18-12(17)15(7,14(5,6)16)11-13(2,3)4/h8-11H2,1-7H3. The van der Waals surface area contributed by atoms with E-state index in [2.05, 4.69) is 27.7 Å². The molecule has 0 saturated carbocycles. The van der Waals surface area contributed by atoms with E-state index in [9.17, 15) is 4.79 Å². The molecule has 0 spiro atoms. The molecule has 0 aliphatic carbocycles. The molecule has 1 atom stereocenters. The Morgan fingerprint density at radius 3 is 1.94 bits per heavy atom. The number of hydrogen-bond acceptors (Lipinski definition) is 2. The van der Waals surface area contributed by atoms with Crippen LogP contribution >= 0.6 is 0 Å². The third kappa shape index (κ3) is 5.03. The minimum Gasteiger partial charge on any atom is -0.465 e. The van der Waals surface area contributed by atoms with Crippen molar-refractivity contribution in [3.8, 4) is 0 Å². The van der Waals surface area contributed by atoms with E-state index < -0.39 is 10.7 Å². The number of hydrogen-bond donors (Lipinski definition) is 0. The molecule has 0 fully saturated rings. The van der Waals surface area contributed by atoms with E-state index in [0.717, 1.165) is 12.8 Å². The average Bonchev–Trinajstić information content (AvgIpc) is 2.13. The molecule has 0 aliphatic rings. The van der Waals surface area contributed by atoms with E-state index in [4.69, 9.17) is 12.6 Å². The fourth-order valence-electron chi connectivity index (χ4n) is 2.09. The van der Waals surface area contributed by atoms with Crippen molar-refractivity contribution in [1.29, 1.82) is 0 Å².